The predicted octanol–water partition coefficient (Wildman–Crippen LogP) is 2.40. The molecule has 3 heterocycles. The molecule has 0 spiro atoms. The number of anilines is 1. The summed E-state index contributed by atoms with van der Waals surface area (Å²) in [6.45, 7) is 4.15. The number of pyridine rings is 1. The average molecular weight is 314 g/mol. The van der Waals surface area contributed by atoms with Crippen LogP contribution in [0.5, 0.6) is 0 Å². The van der Waals surface area contributed by atoms with Gasteiger partial charge in [0.15, 0.2) is 0 Å². The number of furan rings is 1. The summed E-state index contributed by atoms with van der Waals surface area (Å²) >= 11 is 0. The smallest absolute Gasteiger partial charge is 0.317 e. The van der Waals surface area contributed by atoms with Crippen molar-refractivity contribution in [3.8, 4) is 0 Å². The third kappa shape index (κ3) is 3.64. The van der Waals surface area contributed by atoms with Gasteiger partial charge in [-0.15, -0.1) is 0 Å². The van der Waals surface area contributed by atoms with Gasteiger partial charge in [-0.3, -0.25) is 0 Å². The van der Waals surface area contributed by atoms with Crippen LogP contribution in [0.15, 0.2) is 41.1 Å². The normalized spacial score (nSPS) is 17.3. The van der Waals surface area contributed by atoms with Gasteiger partial charge < -0.3 is 19.5 Å². The van der Waals surface area contributed by atoms with Crippen molar-refractivity contribution in [2.75, 3.05) is 25.0 Å². The number of amides is 2. The first kappa shape index (κ1) is 15.4. The number of aromatic nitrogens is 1. The summed E-state index contributed by atoms with van der Waals surface area (Å²) in [4.78, 5) is 20.6. The standard InChI is InChI=1S/C17H22N4O2/c1-13-14(7-10-23-13)11-20(2)17(22)19-15-6-9-21(12-15)16-5-3-4-8-18-16/h3-5,7-8,10,15H,6,9,11-12H2,1-2H3,(H,19,22). The summed E-state index contributed by atoms with van der Waals surface area (Å²) < 4.78 is 5.27. The monoisotopic (exact) mass is 314 g/mol. The first-order valence-electron chi connectivity index (χ1n) is 7.84. The number of nitrogens with zero attached hydrogens (tertiary/aromatic N) is 3. The molecular formula is C17H22N4O2. The molecule has 0 aromatic carbocycles. The molecule has 6 heteroatoms. The first-order chi connectivity index (χ1) is 11.1. The quantitative estimate of drug-likeness (QED) is 0.941. The van der Waals surface area contributed by atoms with E-state index in [-0.39, 0.29) is 12.1 Å². The molecule has 1 atom stereocenters. The fourth-order valence-corrected chi connectivity index (χ4v) is 2.81. The molecule has 1 saturated heterocycles. The highest BCUT2D eigenvalue weighted by Crippen LogP contribution is 2.17. The highest BCUT2D eigenvalue weighted by Gasteiger charge is 2.25. The van der Waals surface area contributed by atoms with E-state index in [0.29, 0.717) is 6.54 Å². The van der Waals surface area contributed by atoms with Crippen LogP contribution in [0.4, 0.5) is 10.6 Å². The van der Waals surface area contributed by atoms with Crippen LogP contribution in [0, 0.1) is 6.92 Å². The zero-order valence-corrected chi connectivity index (χ0v) is 13.5. The van der Waals surface area contributed by atoms with Crippen LogP contribution in [0.25, 0.3) is 0 Å². The Labute approximate surface area is 136 Å². The summed E-state index contributed by atoms with van der Waals surface area (Å²) in [5, 5.41) is 3.10. The molecule has 1 aliphatic rings. The van der Waals surface area contributed by atoms with Crippen molar-refractivity contribution in [3.63, 3.8) is 0 Å². The number of urea groups is 1. The Morgan fingerprint density at radius 1 is 1.48 bits per heavy atom. The largest absolute Gasteiger partial charge is 0.469 e. The van der Waals surface area contributed by atoms with E-state index < -0.39 is 0 Å². The van der Waals surface area contributed by atoms with Gasteiger partial charge in [0.2, 0.25) is 0 Å². The van der Waals surface area contributed by atoms with Crippen LogP contribution in [-0.2, 0) is 6.54 Å². The summed E-state index contributed by atoms with van der Waals surface area (Å²) in [7, 11) is 1.80. The second-order valence-corrected chi connectivity index (χ2v) is 5.93. The van der Waals surface area contributed by atoms with Crippen molar-refractivity contribution >= 4 is 11.8 Å². The molecule has 2 aromatic rings. The molecule has 23 heavy (non-hydrogen) atoms. The van der Waals surface area contributed by atoms with Crippen LogP contribution in [0.1, 0.15) is 17.7 Å². The molecule has 122 valence electrons. The molecule has 1 N–H and O–H groups in total. The lowest BCUT2D eigenvalue weighted by Gasteiger charge is -2.21. The summed E-state index contributed by atoms with van der Waals surface area (Å²) in [5.41, 5.74) is 1.03. The fourth-order valence-electron chi connectivity index (χ4n) is 2.81. The number of rotatable bonds is 4. The molecular weight excluding hydrogens is 292 g/mol. The third-order valence-electron chi connectivity index (χ3n) is 4.21. The zero-order valence-electron chi connectivity index (χ0n) is 13.5. The van der Waals surface area contributed by atoms with Gasteiger partial charge in [0.05, 0.1) is 12.8 Å². The maximum atomic E-state index is 12.3. The minimum Gasteiger partial charge on any atom is -0.469 e. The van der Waals surface area contributed by atoms with Gasteiger partial charge in [0.25, 0.3) is 0 Å². The zero-order chi connectivity index (χ0) is 16.2. The van der Waals surface area contributed by atoms with Crippen molar-refractivity contribution in [1.29, 1.82) is 0 Å². The molecule has 0 saturated carbocycles. The fraction of sp³-hybridized carbons (Fsp3) is 0.412. The molecule has 6 nitrogen and oxygen atoms in total. The van der Waals surface area contributed by atoms with Gasteiger partial charge in [0.1, 0.15) is 11.6 Å². The number of hydrogen-bond acceptors (Lipinski definition) is 4. The first-order valence-corrected chi connectivity index (χ1v) is 7.84. The molecule has 1 unspecified atom stereocenters. The van der Waals surface area contributed by atoms with Crippen molar-refractivity contribution in [2.45, 2.75) is 25.9 Å². The summed E-state index contributed by atoms with van der Waals surface area (Å²) in [5.74, 6) is 1.82. The maximum Gasteiger partial charge on any atom is 0.317 e. The topological polar surface area (TPSA) is 61.6 Å². The van der Waals surface area contributed by atoms with Crippen molar-refractivity contribution in [1.82, 2.24) is 15.2 Å². The molecule has 0 radical (unpaired) electrons. The summed E-state index contributed by atoms with van der Waals surface area (Å²) in [6, 6.07) is 7.88. The molecule has 2 amide bonds. The Morgan fingerprint density at radius 3 is 3.04 bits per heavy atom. The van der Waals surface area contributed by atoms with Crippen LogP contribution in [0.3, 0.4) is 0 Å². The number of nitrogens with one attached hydrogen (secondary N) is 1. The number of carbonyl (C=O) groups is 1. The van der Waals surface area contributed by atoms with E-state index in [1.54, 1.807) is 24.4 Å². The maximum absolute atomic E-state index is 12.3. The lowest BCUT2D eigenvalue weighted by Crippen LogP contribution is -2.44. The van der Waals surface area contributed by atoms with E-state index in [1.807, 2.05) is 31.2 Å². The van der Waals surface area contributed by atoms with Gasteiger partial charge in [-0.05, 0) is 31.5 Å². The summed E-state index contributed by atoms with van der Waals surface area (Å²) in [6.07, 6.45) is 4.38. The second-order valence-electron chi connectivity index (χ2n) is 5.93. The molecule has 3 rings (SSSR count). The highest BCUT2D eigenvalue weighted by atomic mass is 16.3. The van der Waals surface area contributed by atoms with Crippen LogP contribution in [-0.4, -0.2) is 42.1 Å². The lowest BCUT2D eigenvalue weighted by atomic mass is 10.2. The Bertz CT molecular complexity index is 656. The van der Waals surface area contributed by atoms with Crippen LogP contribution < -0.4 is 10.2 Å². The Balaban J connectivity index is 1.51. The van der Waals surface area contributed by atoms with Crippen molar-refractivity contribution in [2.24, 2.45) is 0 Å². The van der Waals surface area contributed by atoms with E-state index in [9.17, 15) is 4.79 Å². The van der Waals surface area contributed by atoms with Crippen molar-refractivity contribution in [3.05, 3.63) is 48.0 Å². The van der Waals surface area contributed by atoms with Gasteiger partial charge in [-0.25, -0.2) is 9.78 Å². The number of aryl methyl sites for hydroxylation is 1. The lowest BCUT2D eigenvalue weighted by molar-refractivity contribution is 0.203. The van der Waals surface area contributed by atoms with E-state index in [2.05, 4.69) is 15.2 Å². The van der Waals surface area contributed by atoms with E-state index in [4.69, 9.17) is 4.42 Å². The molecule has 1 aliphatic heterocycles. The third-order valence-corrected chi connectivity index (χ3v) is 4.21. The SMILES string of the molecule is Cc1occc1CN(C)C(=O)NC1CCN(c2ccccn2)C1. The van der Waals surface area contributed by atoms with E-state index in [1.165, 1.54) is 0 Å². The number of hydrogen-bond donors (Lipinski definition) is 1. The van der Waals surface area contributed by atoms with Crippen LogP contribution in [0.2, 0.25) is 0 Å². The minimum absolute atomic E-state index is 0.0570. The van der Waals surface area contributed by atoms with Crippen LogP contribution >= 0.6 is 0 Å². The Morgan fingerprint density at radius 2 is 2.35 bits per heavy atom. The average Bonchev–Trinajstić information content (AvgIpc) is 3.18. The highest BCUT2D eigenvalue weighted by molar-refractivity contribution is 5.74. The predicted molar refractivity (Wildman–Crippen MR) is 88.3 cm³/mol. The molecule has 0 bridgehead atoms. The Kier molecular flexibility index (Phi) is 4.50. The number of carbonyl (C=O) groups excluding carboxylic acids is 1. The van der Waals surface area contributed by atoms with Gasteiger partial charge in [-0.1, -0.05) is 6.07 Å². The molecule has 2 aromatic heterocycles. The van der Waals surface area contributed by atoms with Crippen molar-refractivity contribution < 1.29 is 9.21 Å². The Hall–Kier alpha value is -2.50. The molecule has 1 fully saturated rings. The minimum atomic E-state index is -0.0570. The van der Waals surface area contributed by atoms with E-state index in [0.717, 1.165) is 36.7 Å². The molecule has 0 aliphatic carbocycles. The van der Waals surface area contributed by atoms with E-state index >= 15 is 0 Å². The van der Waals surface area contributed by atoms with Gasteiger partial charge >= 0.3 is 6.03 Å². The second kappa shape index (κ2) is 6.73. The van der Waals surface area contributed by atoms with Gasteiger partial charge in [0, 0.05) is 37.9 Å². The van der Waals surface area contributed by atoms with Gasteiger partial charge in [-0.2, -0.15) is 0 Å².